The van der Waals surface area contributed by atoms with Crippen molar-refractivity contribution < 1.29 is 4.39 Å². The Morgan fingerprint density at radius 3 is 2.43 bits per heavy atom. The monoisotopic (exact) mass is 211 g/mol. The molecule has 1 fully saturated rings. The summed E-state index contributed by atoms with van der Waals surface area (Å²) < 4.78 is 12.9. The Hall–Kier alpha value is -0.560. The average molecular weight is 212 g/mol. The second-order valence-electron chi connectivity index (χ2n) is 3.79. The maximum Gasteiger partial charge on any atom is 0.141 e. The van der Waals surface area contributed by atoms with Crippen molar-refractivity contribution in [2.45, 2.75) is 32.1 Å². The summed E-state index contributed by atoms with van der Waals surface area (Å²) in [6.07, 6.45) is 6.11. The first-order chi connectivity index (χ1) is 6.77. The molecule has 0 heterocycles. The second kappa shape index (κ2) is 4.31. The fourth-order valence-corrected chi connectivity index (χ4v) is 2.16. The molecule has 14 heavy (non-hydrogen) atoms. The third kappa shape index (κ3) is 2.09. The van der Waals surface area contributed by atoms with Crippen molar-refractivity contribution in [3.63, 3.8) is 0 Å². The number of benzene rings is 1. The van der Waals surface area contributed by atoms with Crippen LogP contribution in [0.25, 0.3) is 0 Å². The first kappa shape index (κ1) is 9.97. The van der Waals surface area contributed by atoms with Crippen molar-refractivity contribution in [2.75, 3.05) is 0 Å². The Morgan fingerprint density at radius 2 is 1.79 bits per heavy atom. The van der Waals surface area contributed by atoms with Crippen LogP contribution in [-0.4, -0.2) is 0 Å². The third-order valence-electron chi connectivity index (χ3n) is 2.78. The molecule has 75 valence electrons. The standard InChI is InChI=1S/C12H13ClF/c13-11-8-10(6-7-12(11)14)9-4-2-1-3-5-9/h6-8H,1-5H2. The van der Waals surface area contributed by atoms with E-state index in [0.29, 0.717) is 0 Å². The van der Waals surface area contributed by atoms with Crippen LogP contribution in [0.5, 0.6) is 0 Å². The molecule has 0 saturated heterocycles. The van der Waals surface area contributed by atoms with Crippen molar-refractivity contribution in [3.8, 4) is 0 Å². The van der Waals surface area contributed by atoms with Crippen molar-refractivity contribution in [2.24, 2.45) is 0 Å². The summed E-state index contributed by atoms with van der Waals surface area (Å²) in [5.41, 5.74) is 1.12. The van der Waals surface area contributed by atoms with Crippen LogP contribution in [0, 0.1) is 11.7 Å². The predicted molar refractivity (Wildman–Crippen MR) is 56.8 cm³/mol. The summed E-state index contributed by atoms with van der Waals surface area (Å²) >= 11 is 5.74. The maximum absolute atomic E-state index is 12.9. The zero-order valence-electron chi connectivity index (χ0n) is 8.02. The fourth-order valence-electron chi connectivity index (χ4n) is 1.98. The minimum absolute atomic E-state index is 0.237. The lowest BCUT2D eigenvalue weighted by atomic mass is 9.84. The summed E-state index contributed by atoms with van der Waals surface area (Å²) in [5.74, 6) is 1.10. The van der Waals surface area contributed by atoms with E-state index in [1.54, 1.807) is 6.07 Å². The molecule has 0 aliphatic heterocycles. The van der Waals surface area contributed by atoms with Gasteiger partial charge in [-0.05, 0) is 30.5 Å². The van der Waals surface area contributed by atoms with Gasteiger partial charge in [0.15, 0.2) is 0 Å². The molecule has 2 heteroatoms. The van der Waals surface area contributed by atoms with Gasteiger partial charge in [-0.1, -0.05) is 36.9 Å². The minimum atomic E-state index is -0.327. The van der Waals surface area contributed by atoms with Crippen LogP contribution in [0.15, 0.2) is 18.2 Å². The van der Waals surface area contributed by atoms with Crippen LogP contribution in [0.2, 0.25) is 5.02 Å². The average Bonchev–Trinajstić information content (AvgIpc) is 2.23. The molecule has 1 aliphatic carbocycles. The molecule has 0 unspecified atom stereocenters. The summed E-state index contributed by atoms with van der Waals surface area (Å²) in [4.78, 5) is 0. The molecule has 1 radical (unpaired) electrons. The van der Waals surface area contributed by atoms with E-state index in [-0.39, 0.29) is 10.8 Å². The van der Waals surface area contributed by atoms with Gasteiger partial charge in [-0.15, -0.1) is 0 Å². The summed E-state index contributed by atoms with van der Waals surface area (Å²) in [6, 6.07) is 5.04. The molecule has 0 aromatic heterocycles. The number of hydrogen-bond acceptors (Lipinski definition) is 0. The van der Waals surface area contributed by atoms with Crippen LogP contribution in [0.3, 0.4) is 0 Å². The molecule has 1 aromatic rings. The first-order valence-electron chi connectivity index (χ1n) is 5.07. The van der Waals surface area contributed by atoms with Gasteiger partial charge in [0.1, 0.15) is 5.82 Å². The predicted octanol–water partition coefficient (Wildman–Crippen LogP) is 4.37. The Labute approximate surface area is 89.1 Å². The molecule has 0 nitrogen and oxygen atoms in total. The van der Waals surface area contributed by atoms with Crippen LogP contribution in [0.4, 0.5) is 4.39 Å². The molecule has 0 spiro atoms. The molecule has 0 atom stereocenters. The van der Waals surface area contributed by atoms with Gasteiger partial charge >= 0.3 is 0 Å². The van der Waals surface area contributed by atoms with E-state index in [9.17, 15) is 4.39 Å². The molecule has 2 rings (SSSR count). The number of hydrogen-bond donors (Lipinski definition) is 0. The topological polar surface area (TPSA) is 0 Å². The summed E-state index contributed by atoms with van der Waals surface area (Å²) in [6.45, 7) is 0. The highest BCUT2D eigenvalue weighted by Crippen LogP contribution is 2.33. The van der Waals surface area contributed by atoms with Crippen molar-refractivity contribution in [3.05, 3.63) is 40.5 Å². The summed E-state index contributed by atoms with van der Waals surface area (Å²) in [5, 5.41) is 0.237. The zero-order valence-corrected chi connectivity index (χ0v) is 8.78. The molecule has 1 aromatic carbocycles. The lowest BCUT2D eigenvalue weighted by Crippen LogP contribution is -2.05. The molecular weight excluding hydrogens is 199 g/mol. The molecule has 0 N–H and O–H groups in total. The van der Waals surface area contributed by atoms with Crippen molar-refractivity contribution in [1.82, 2.24) is 0 Å². The highest BCUT2D eigenvalue weighted by atomic mass is 35.5. The molecule has 1 saturated carbocycles. The lowest BCUT2D eigenvalue weighted by molar-refractivity contribution is 0.550. The van der Waals surface area contributed by atoms with Gasteiger partial charge in [-0.2, -0.15) is 0 Å². The first-order valence-corrected chi connectivity index (χ1v) is 5.45. The highest BCUT2D eigenvalue weighted by molar-refractivity contribution is 6.30. The maximum atomic E-state index is 12.9. The normalized spacial score (nSPS) is 18.4. The second-order valence-corrected chi connectivity index (χ2v) is 4.20. The summed E-state index contributed by atoms with van der Waals surface area (Å²) in [7, 11) is 0. The van der Waals surface area contributed by atoms with Gasteiger partial charge in [0.05, 0.1) is 5.02 Å². The van der Waals surface area contributed by atoms with Gasteiger partial charge in [0.2, 0.25) is 0 Å². The van der Waals surface area contributed by atoms with E-state index in [4.69, 9.17) is 11.6 Å². The Bertz CT molecular complexity index is 316. The quantitative estimate of drug-likeness (QED) is 0.647. The van der Waals surface area contributed by atoms with E-state index >= 15 is 0 Å². The zero-order chi connectivity index (χ0) is 9.97. The van der Waals surface area contributed by atoms with Gasteiger partial charge in [-0.3, -0.25) is 0 Å². The van der Waals surface area contributed by atoms with E-state index in [1.165, 1.54) is 31.2 Å². The third-order valence-corrected chi connectivity index (χ3v) is 3.07. The van der Waals surface area contributed by atoms with Crippen molar-refractivity contribution in [1.29, 1.82) is 0 Å². The van der Waals surface area contributed by atoms with E-state index in [0.717, 1.165) is 18.4 Å². The highest BCUT2D eigenvalue weighted by Gasteiger charge is 2.16. The molecule has 0 amide bonds. The Balaban J connectivity index is 2.18. The fraction of sp³-hybridized carbons (Fsp3) is 0.417. The molecular formula is C12H13ClF. The van der Waals surface area contributed by atoms with Gasteiger partial charge in [0, 0.05) is 5.92 Å². The van der Waals surface area contributed by atoms with Gasteiger partial charge in [-0.25, -0.2) is 4.39 Å². The Morgan fingerprint density at radius 1 is 1.07 bits per heavy atom. The van der Waals surface area contributed by atoms with E-state index in [1.807, 2.05) is 6.07 Å². The van der Waals surface area contributed by atoms with E-state index in [2.05, 4.69) is 0 Å². The van der Waals surface area contributed by atoms with Crippen LogP contribution < -0.4 is 0 Å². The van der Waals surface area contributed by atoms with Crippen LogP contribution in [-0.2, 0) is 0 Å². The molecule has 0 bridgehead atoms. The van der Waals surface area contributed by atoms with Gasteiger partial charge < -0.3 is 0 Å². The minimum Gasteiger partial charge on any atom is -0.205 e. The molecule has 1 aliphatic rings. The SMILES string of the molecule is Fc1ccc([C]2CCCCC2)cc1Cl. The van der Waals surface area contributed by atoms with Gasteiger partial charge in [0.25, 0.3) is 0 Å². The lowest BCUT2D eigenvalue weighted by Gasteiger charge is -2.21. The van der Waals surface area contributed by atoms with Crippen LogP contribution >= 0.6 is 11.6 Å². The van der Waals surface area contributed by atoms with Crippen molar-refractivity contribution >= 4 is 11.6 Å². The van der Waals surface area contributed by atoms with Crippen LogP contribution in [0.1, 0.15) is 37.7 Å². The smallest absolute Gasteiger partial charge is 0.141 e. The largest absolute Gasteiger partial charge is 0.205 e. The number of halogens is 2. The Kier molecular flexibility index (Phi) is 3.07. The van der Waals surface area contributed by atoms with E-state index < -0.39 is 0 Å². The number of rotatable bonds is 1.